The molecule has 1 aromatic heterocycles. The molecular formula is C17H16FN2O9PS. The van der Waals surface area contributed by atoms with E-state index in [1.165, 1.54) is 6.07 Å². The summed E-state index contributed by atoms with van der Waals surface area (Å²) in [6, 6.07) is 6.48. The Morgan fingerprint density at radius 1 is 1.48 bits per heavy atom. The molecule has 2 aliphatic rings. The van der Waals surface area contributed by atoms with Gasteiger partial charge in [-0.25, -0.2) is 8.96 Å². The van der Waals surface area contributed by atoms with Gasteiger partial charge in [0.2, 0.25) is 0 Å². The highest BCUT2D eigenvalue weighted by molar-refractivity contribution is 7.71. The molecule has 31 heavy (non-hydrogen) atoms. The molecule has 14 heteroatoms. The molecular weight excluding hydrogens is 458 g/mol. The highest BCUT2D eigenvalue weighted by atomic mass is 32.1. The molecule has 4 rings (SSSR count). The van der Waals surface area contributed by atoms with Crippen molar-refractivity contribution in [2.45, 2.75) is 30.9 Å². The molecule has 5 atom stereocenters. The van der Waals surface area contributed by atoms with Crippen molar-refractivity contribution in [2.24, 2.45) is 0 Å². The van der Waals surface area contributed by atoms with Crippen LogP contribution in [0.5, 0.6) is 5.75 Å². The lowest BCUT2D eigenvalue weighted by molar-refractivity contribution is -0.205. The molecule has 11 nitrogen and oxygen atoms in total. The van der Waals surface area contributed by atoms with Crippen LogP contribution in [0.3, 0.4) is 0 Å². The number of carbonyl (C=O) groups excluding carboxylic acids is 1. The van der Waals surface area contributed by atoms with Crippen LogP contribution >= 0.6 is 20.0 Å². The molecule has 0 radical (unpaired) electrons. The third-order valence-electron chi connectivity index (χ3n) is 4.58. The normalized spacial score (nSPS) is 35.1. The number of phosphoric ester groups is 1. The number of ether oxygens (including phenoxy) is 1. The number of hydrogen-bond acceptors (Lipinski definition) is 10. The molecule has 0 aliphatic carbocycles. The van der Waals surface area contributed by atoms with Crippen molar-refractivity contribution in [2.75, 3.05) is 6.61 Å². The number of benzene rings is 1. The number of aliphatic hydroxyl groups is 2. The molecule has 1 aromatic carbocycles. The third-order valence-corrected chi connectivity index (χ3v) is 6.19. The molecule has 2 aromatic rings. The number of aliphatic hydroxyl groups excluding tert-OH is 2. The fourth-order valence-corrected chi connectivity index (χ4v) is 4.41. The number of carbonyl (C=O) groups is 1. The summed E-state index contributed by atoms with van der Waals surface area (Å²) in [6.45, 7) is -1.41. The topological polar surface area (TPSA) is 149 Å². The van der Waals surface area contributed by atoms with Crippen LogP contribution < -0.4 is 10.1 Å². The van der Waals surface area contributed by atoms with Crippen LogP contribution in [0.1, 0.15) is 23.5 Å². The molecule has 1 saturated heterocycles. The summed E-state index contributed by atoms with van der Waals surface area (Å²) < 4.78 is 56.8. The first-order chi connectivity index (χ1) is 15.0. The van der Waals surface area contributed by atoms with Crippen molar-refractivity contribution in [3.63, 3.8) is 0 Å². The number of alkyl halides is 1. The predicted octanol–water partition coefficient (Wildman–Crippen LogP) is 1.37. The van der Waals surface area contributed by atoms with Crippen LogP contribution in [0.15, 0.2) is 35.3 Å². The van der Waals surface area contributed by atoms with Crippen LogP contribution in [0.4, 0.5) is 4.39 Å². The molecule has 166 valence electrons. The summed E-state index contributed by atoms with van der Waals surface area (Å²) in [7, 11) is -4.32. The largest absolute Gasteiger partial charge is 0.530 e. The Morgan fingerprint density at radius 3 is 2.97 bits per heavy atom. The van der Waals surface area contributed by atoms with Gasteiger partial charge >= 0.3 is 7.82 Å². The van der Waals surface area contributed by atoms with E-state index in [0.29, 0.717) is 10.1 Å². The highest BCUT2D eigenvalue weighted by Gasteiger charge is 2.57. The summed E-state index contributed by atoms with van der Waals surface area (Å²) >= 11 is 4.90. The number of aldehydes is 1. The molecule has 3 N–H and O–H groups in total. The first kappa shape index (κ1) is 20.6. The number of aromatic amines is 1. The van der Waals surface area contributed by atoms with Crippen molar-refractivity contribution in [1.82, 2.24) is 9.55 Å². The smallest absolute Gasteiger partial charge is 0.404 e. The zero-order valence-electron chi connectivity index (χ0n) is 16.5. The quantitative estimate of drug-likeness (QED) is 0.329. The second-order valence-corrected chi connectivity index (χ2v) is 8.62. The van der Waals surface area contributed by atoms with Crippen LogP contribution in [-0.4, -0.2) is 50.7 Å². The Kier molecular flexibility index (Phi) is 5.34. The summed E-state index contributed by atoms with van der Waals surface area (Å²) in [6.07, 6.45) is -6.53. The van der Waals surface area contributed by atoms with E-state index in [1.54, 1.807) is 18.2 Å². The van der Waals surface area contributed by atoms with E-state index in [4.69, 9.17) is 31.9 Å². The molecule has 1 fully saturated rings. The maximum absolute atomic E-state index is 15.5. The highest BCUT2D eigenvalue weighted by Crippen LogP contribution is 2.55. The number of rotatable bonds is 5. The number of phosphoric acid groups is 1. The maximum atomic E-state index is 15.5. The Bertz CT molecular complexity index is 1240. The van der Waals surface area contributed by atoms with Crippen LogP contribution in [-0.2, 0) is 25.0 Å². The van der Waals surface area contributed by atoms with E-state index < -0.39 is 54.6 Å². The van der Waals surface area contributed by atoms with Crippen molar-refractivity contribution in [1.29, 1.82) is 0 Å². The van der Waals surface area contributed by atoms with E-state index in [0.717, 1.165) is 6.20 Å². The summed E-state index contributed by atoms with van der Waals surface area (Å²) in [5.74, 6) is -3.08. The summed E-state index contributed by atoms with van der Waals surface area (Å²) in [4.78, 5) is 24.8. The number of para-hydroxylation sites is 1. The van der Waals surface area contributed by atoms with E-state index >= 15 is 4.39 Å². The van der Waals surface area contributed by atoms with Crippen molar-refractivity contribution in [3.05, 3.63) is 56.7 Å². The molecule has 0 bridgehead atoms. The van der Waals surface area contributed by atoms with Gasteiger partial charge in [0.05, 0.1) is 13.5 Å². The van der Waals surface area contributed by atoms with Gasteiger partial charge in [0.1, 0.15) is 24.6 Å². The average Bonchev–Trinajstić information content (AvgIpc) is 2.93. The number of hydrogen-bond donors (Lipinski definition) is 3. The Balaban J connectivity index is 1.59. The lowest BCUT2D eigenvalue weighted by atomic mass is 10.1. The van der Waals surface area contributed by atoms with Gasteiger partial charge in [0.25, 0.3) is 11.4 Å². The monoisotopic (exact) mass is 475 g/mol. The third kappa shape index (κ3) is 4.01. The van der Waals surface area contributed by atoms with Crippen molar-refractivity contribution < 1.29 is 43.6 Å². The minimum absolute atomic E-state index is 0.151. The first-order valence-corrected chi connectivity index (χ1v) is 10.6. The first-order valence-electron chi connectivity index (χ1n) is 9.25. The number of fused-ring (bicyclic) bond motifs is 1. The van der Waals surface area contributed by atoms with Crippen LogP contribution in [0.2, 0.25) is 0 Å². The number of H-pyrrole nitrogens is 1. The van der Waals surface area contributed by atoms with Crippen LogP contribution in [0.25, 0.3) is 0 Å². The molecule has 0 spiro atoms. The van der Waals surface area contributed by atoms with Gasteiger partial charge in [-0.15, -0.1) is 0 Å². The Morgan fingerprint density at radius 2 is 2.23 bits per heavy atom. The standard InChI is InChI=1S/C17H16FN2O9PS/c18-17(8-27-30(25)26-7-9-3-1-2-4-11(9)29-30)13(23)12(22)15(28-17)20-5-10(6-21)14(24)19-16(20)31/h1-6,12-13,15,22-23H,7-8H2,(H,19,24,31)/t12-,13+,15-,17-,30?/m1/s1/i15D. The zero-order chi connectivity index (χ0) is 23.3. The van der Waals surface area contributed by atoms with Crippen molar-refractivity contribution in [3.8, 4) is 5.75 Å². The lowest BCUT2D eigenvalue weighted by Gasteiger charge is -2.28. The Hall–Kier alpha value is -2.25. The second kappa shape index (κ2) is 8.02. The zero-order valence-corrected chi connectivity index (χ0v) is 17.2. The molecule has 0 amide bonds. The lowest BCUT2D eigenvalue weighted by Crippen LogP contribution is -2.43. The van der Waals surface area contributed by atoms with Gasteiger partial charge in [0, 0.05) is 11.8 Å². The number of nitrogens with zero attached hydrogens (tertiary/aromatic N) is 1. The van der Waals surface area contributed by atoms with Gasteiger partial charge in [-0.3, -0.25) is 28.2 Å². The second-order valence-electron chi connectivity index (χ2n) is 6.64. The van der Waals surface area contributed by atoms with Gasteiger partial charge in [-0.2, -0.15) is 0 Å². The summed E-state index contributed by atoms with van der Waals surface area (Å²) in [5, 5.41) is 20.6. The molecule has 2 aliphatic heterocycles. The van der Waals surface area contributed by atoms with Crippen molar-refractivity contribution >= 4 is 26.3 Å². The fraction of sp³-hybridized carbons (Fsp3) is 0.353. The SMILES string of the molecule is [2H][C@@]1(n2cc(C=O)c(=O)[nH]c2=S)O[C@](F)(COP2(=O)OCc3ccccc3O2)[C@@H](O)[C@H]1O. The van der Waals surface area contributed by atoms with Gasteiger partial charge in [-0.1, -0.05) is 18.2 Å². The maximum Gasteiger partial charge on any atom is 0.530 e. The summed E-state index contributed by atoms with van der Waals surface area (Å²) in [5.41, 5.74) is -0.790. The minimum Gasteiger partial charge on any atom is -0.404 e. The van der Waals surface area contributed by atoms with E-state index in [-0.39, 0.29) is 18.6 Å². The van der Waals surface area contributed by atoms with Crippen LogP contribution in [0, 0.1) is 4.77 Å². The fourth-order valence-electron chi connectivity index (χ4n) is 2.94. The molecule has 0 saturated carbocycles. The minimum atomic E-state index is -4.32. The number of nitrogens with one attached hydrogen (secondary N) is 1. The number of halogens is 1. The molecule has 3 heterocycles. The van der Waals surface area contributed by atoms with Gasteiger partial charge < -0.3 is 19.5 Å². The average molecular weight is 475 g/mol. The van der Waals surface area contributed by atoms with Gasteiger partial charge in [0.15, 0.2) is 17.3 Å². The number of aromatic nitrogens is 2. The van der Waals surface area contributed by atoms with Gasteiger partial charge in [-0.05, 0) is 18.3 Å². The molecule has 1 unspecified atom stereocenters. The van der Waals surface area contributed by atoms with E-state index in [1.807, 2.05) is 0 Å². The Labute approximate surface area is 180 Å². The van der Waals surface area contributed by atoms with E-state index in [2.05, 4.69) is 4.98 Å². The predicted molar refractivity (Wildman–Crippen MR) is 103 cm³/mol. The van der Waals surface area contributed by atoms with E-state index in [9.17, 15) is 24.4 Å².